The average molecular weight is 285 g/mol. The lowest BCUT2D eigenvalue weighted by atomic mass is 10.2. The number of nitriles is 1. The number of para-hydroxylation sites is 1. The molecule has 1 heterocycles. The summed E-state index contributed by atoms with van der Waals surface area (Å²) in [5, 5.41) is 12.1. The van der Waals surface area contributed by atoms with E-state index in [9.17, 15) is 5.26 Å². The normalized spacial score (nSPS) is 9.81. The zero-order chi connectivity index (χ0) is 15.4. The van der Waals surface area contributed by atoms with E-state index in [-0.39, 0.29) is 11.9 Å². The molecule has 0 bridgehead atoms. The van der Waals surface area contributed by atoms with Crippen LogP contribution in [0.5, 0.6) is 5.75 Å². The number of nitrogens with zero attached hydrogens (tertiary/aromatic N) is 5. The summed E-state index contributed by atoms with van der Waals surface area (Å²) in [6, 6.07) is 7.22. The molecule has 108 valence electrons. The quantitative estimate of drug-likeness (QED) is 0.859. The predicted octanol–water partition coefficient (Wildman–Crippen LogP) is 1.14. The molecule has 0 atom stereocenters. The largest absolute Gasteiger partial charge is 0.495 e. The van der Waals surface area contributed by atoms with Gasteiger partial charge in [0.15, 0.2) is 0 Å². The summed E-state index contributed by atoms with van der Waals surface area (Å²) in [5.41, 5.74) is 6.57. The molecular weight excluding hydrogens is 270 g/mol. The zero-order valence-electron chi connectivity index (χ0n) is 12.0. The molecule has 21 heavy (non-hydrogen) atoms. The topological polar surface area (TPSA) is 113 Å². The molecule has 8 nitrogen and oxygen atoms in total. The summed E-state index contributed by atoms with van der Waals surface area (Å²) in [6.07, 6.45) is 0. The van der Waals surface area contributed by atoms with Crippen LogP contribution >= 0.6 is 0 Å². The molecule has 0 saturated carbocycles. The maximum atomic E-state index is 9.18. The van der Waals surface area contributed by atoms with E-state index in [1.54, 1.807) is 37.2 Å². The van der Waals surface area contributed by atoms with Crippen LogP contribution in [0.25, 0.3) is 0 Å². The second-order valence-corrected chi connectivity index (χ2v) is 4.33. The Balaban J connectivity index is 2.45. The summed E-state index contributed by atoms with van der Waals surface area (Å²) in [7, 11) is 5.11. The van der Waals surface area contributed by atoms with Gasteiger partial charge in [-0.15, -0.1) is 0 Å². The summed E-state index contributed by atoms with van der Waals surface area (Å²) in [4.78, 5) is 14.0. The second kappa shape index (κ2) is 5.92. The molecule has 0 aliphatic heterocycles. The maximum absolute atomic E-state index is 9.18. The minimum absolute atomic E-state index is 0.0876. The Bertz CT molecular complexity index is 693. The molecule has 1 aromatic heterocycles. The van der Waals surface area contributed by atoms with Crippen LogP contribution in [0.15, 0.2) is 18.2 Å². The number of methoxy groups -OCH3 is 1. The number of ether oxygens (including phenoxy) is 1. The SMILES string of the molecule is COc1cccc(C#N)c1Nc1nc(N)nc(N(C)C)n1. The van der Waals surface area contributed by atoms with Crippen molar-refractivity contribution in [3.8, 4) is 11.8 Å². The molecule has 2 rings (SSSR count). The third kappa shape index (κ3) is 3.09. The van der Waals surface area contributed by atoms with Crippen LogP contribution in [0.2, 0.25) is 0 Å². The lowest BCUT2D eigenvalue weighted by Crippen LogP contribution is -2.16. The fourth-order valence-electron chi connectivity index (χ4n) is 1.67. The van der Waals surface area contributed by atoms with Crippen molar-refractivity contribution in [2.45, 2.75) is 0 Å². The average Bonchev–Trinajstić information content (AvgIpc) is 2.46. The maximum Gasteiger partial charge on any atom is 0.233 e. The molecule has 0 spiro atoms. The molecule has 0 aliphatic carbocycles. The van der Waals surface area contributed by atoms with Gasteiger partial charge < -0.3 is 20.7 Å². The van der Waals surface area contributed by atoms with Crippen molar-refractivity contribution >= 4 is 23.5 Å². The molecule has 8 heteroatoms. The highest BCUT2D eigenvalue weighted by molar-refractivity contribution is 5.71. The van der Waals surface area contributed by atoms with Gasteiger partial charge in [0.1, 0.15) is 17.5 Å². The molecule has 0 fully saturated rings. The molecule has 0 amide bonds. The van der Waals surface area contributed by atoms with E-state index >= 15 is 0 Å². The number of nitrogens with two attached hydrogens (primary N) is 1. The first-order valence-corrected chi connectivity index (χ1v) is 6.08. The van der Waals surface area contributed by atoms with Gasteiger partial charge in [-0.05, 0) is 12.1 Å². The Morgan fingerprint density at radius 1 is 1.29 bits per heavy atom. The van der Waals surface area contributed by atoms with E-state index in [2.05, 4.69) is 26.3 Å². The van der Waals surface area contributed by atoms with Crippen molar-refractivity contribution in [3.63, 3.8) is 0 Å². The number of nitrogen functional groups attached to an aromatic ring is 1. The van der Waals surface area contributed by atoms with E-state index in [4.69, 9.17) is 10.5 Å². The molecule has 2 aromatic rings. The summed E-state index contributed by atoms with van der Waals surface area (Å²) >= 11 is 0. The summed E-state index contributed by atoms with van der Waals surface area (Å²) in [5.74, 6) is 1.26. The number of hydrogen-bond acceptors (Lipinski definition) is 8. The smallest absolute Gasteiger partial charge is 0.233 e. The number of nitrogens with one attached hydrogen (secondary N) is 1. The van der Waals surface area contributed by atoms with Gasteiger partial charge in [-0.1, -0.05) is 6.07 Å². The second-order valence-electron chi connectivity index (χ2n) is 4.33. The van der Waals surface area contributed by atoms with Gasteiger partial charge in [0.25, 0.3) is 0 Å². The lowest BCUT2D eigenvalue weighted by Gasteiger charge is -2.14. The Kier molecular flexibility index (Phi) is 4.04. The van der Waals surface area contributed by atoms with E-state index in [1.807, 2.05) is 0 Å². The first-order valence-electron chi connectivity index (χ1n) is 6.08. The van der Waals surface area contributed by atoms with E-state index in [1.165, 1.54) is 7.11 Å². The van der Waals surface area contributed by atoms with Crippen molar-refractivity contribution in [1.82, 2.24) is 15.0 Å². The van der Waals surface area contributed by atoms with Crippen LogP contribution in [-0.4, -0.2) is 36.2 Å². The Hall–Kier alpha value is -3.08. The first kappa shape index (κ1) is 14.3. The predicted molar refractivity (Wildman–Crippen MR) is 79.6 cm³/mol. The Morgan fingerprint density at radius 2 is 2.05 bits per heavy atom. The van der Waals surface area contributed by atoms with Gasteiger partial charge in [-0.2, -0.15) is 20.2 Å². The number of aromatic nitrogens is 3. The van der Waals surface area contributed by atoms with Crippen LogP contribution in [0.3, 0.4) is 0 Å². The van der Waals surface area contributed by atoms with Crippen LogP contribution in [-0.2, 0) is 0 Å². The first-order chi connectivity index (χ1) is 10.0. The molecular formula is C13H15N7O. The molecule has 0 radical (unpaired) electrons. The zero-order valence-corrected chi connectivity index (χ0v) is 12.0. The summed E-state index contributed by atoms with van der Waals surface area (Å²) < 4.78 is 5.24. The van der Waals surface area contributed by atoms with Crippen molar-refractivity contribution in [3.05, 3.63) is 23.8 Å². The van der Waals surface area contributed by atoms with Crippen molar-refractivity contribution in [2.24, 2.45) is 0 Å². The minimum atomic E-state index is 0.0876. The monoisotopic (exact) mass is 285 g/mol. The van der Waals surface area contributed by atoms with Gasteiger partial charge in [0, 0.05) is 14.1 Å². The van der Waals surface area contributed by atoms with Crippen molar-refractivity contribution < 1.29 is 4.74 Å². The molecule has 3 N–H and O–H groups in total. The van der Waals surface area contributed by atoms with Crippen molar-refractivity contribution in [1.29, 1.82) is 5.26 Å². The van der Waals surface area contributed by atoms with Gasteiger partial charge in [-0.3, -0.25) is 0 Å². The number of hydrogen-bond donors (Lipinski definition) is 2. The standard InChI is InChI=1S/C13H15N7O/c1-20(2)13-18-11(15)17-12(19-13)16-10-8(7-14)5-4-6-9(10)21-3/h4-6H,1-3H3,(H3,15,16,17,18,19). The fourth-order valence-corrected chi connectivity index (χ4v) is 1.67. The highest BCUT2D eigenvalue weighted by Crippen LogP contribution is 2.30. The third-order valence-electron chi connectivity index (χ3n) is 2.64. The number of benzene rings is 1. The lowest BCUT2D eigenvalue weighted by molar-refractivity contribution is 0.416. The van der Waals surface area contributed by atoms with Crippen molar-refractivity contribution in [2.75, 3.05) is 37.2 Å². The van der Waals surface area contributed by atoms with E-state index < -0.39 is 0 Å². The van der Waals surface area contributed by atoms with Crippen LogP contribution in [0.4, 0.5) is 23.5 Å². The van der Waals surface area contributed by atoms with Crippen LogP contribution in [0, 0.1) is 11.3 Å². The van der Waals surface area contributed by atoms with Crippen LogP contribution < -0.4 is 20.7 Å². The highest BCUT2D eigenvalue weighted by atomic mass is 16.5. The van der Waals surface area contributed by atoms with Gasteiger partial charge in [0.2, 0.25) is 17.8 Å². The molecule has 0 aliphatic rings. The Labute approximate surface area is 122 Å². The fraction of sp³-hybridized carbons (Fsp3) is 0.231. The third-order valence-corrected chi connectivity index (χ3v) is 2.64. The highest BCUT2D eigenvalue weighted by Gasteiger charge is 2.12. The minimum Gasteiger partial charge on any atom is -0.495 e. The van der Waals surface area contributed by atoms with E-state index in [0.29, 0.717) is 22.9 Å². The van der Waals surface area contributed by atoms with Gasteiger partial charge >= 0.3 is 0 Å². The number of rotatable bonds is 4. The molecule has 1 aromatic carbocycles. The Morgan fingerprint density at radius 3 is 2.67 bits per heavy atom. The van der Waals surface area contributed by atoms with Crippen LogP contribution in [0.1, 0.15) is 5.56 Å². The van der Waals surface area contributed by atoms with Gasteiger partial charge in [0.05, 0.1) is 12.7 Å². The number of anilines is 4. The summed E-state index contributed by atoms with van der Waals surface area (Å²) in [6.45, 7) is 0. The molecule has 0 saturated heterocycles. The van der Waals surface area contributed by atoms with E-state index in [0.717, 1.165) is 0 Å². The molecule has 0 unspecified atom stereocenters. The van der Waals surface area contributed by atoms with Gasteiger partial charge in [-0.25, -0.2) is 0 Å².